The van der Waals surface area contributed by atoms with Gasteiger partial charge in [0.25, 0.3) is 0 Å². The predicted octanol–water partition coefficient (Wildman–Crippen LogP) is 1.23. The van der Waals surface area contributed by atoms with Crippen LogP contribution in [0.25, 0.3) is 0 Å². The molecule has 0 fully saturated rings. The Morgan fingerprint density at radius 2 is 2.29 bits per heavy atom. The predicted molar refractivity (Wildman–Crippen MR) is 64.3 cm³/mol. The molecule has 0 aliphatic carbocycles. The second-order valence-corrected chi connectivity index (χ2v) is 4.13. The van der Waals surface area contributed by atoms with E-state index in [0.29, 0.717) is 6.54 Å². The number of aryl methyl sites for hydroxylation is 1. The Morgan fingerprint density at radius 1 is 1.53 bits per heavy atom. The van der Waals surface area contributed by atoms with E-state index in [2.05, 4.69) is 5.32 Å². The molecule has 1 amide bonds. The largest absolute Gasteiger partial charge is 0.481 e. The first-order chi connectivity index (χ1) is 8.06. The average molecular weight is 234 g/mol. The fraction of sp³-hybridized carbons (Fsp3) is 0.333. The fourth-order valence-corrected chi connectivity index (χ4v) is 1.89. The van der Waals surface area contributed by atoms with Crippen molar-refractivity contribution >= 4 is 23.3 Å². The molecule has 0 atom stereocenters. The van der Waals surface area contributed by atoms with E-state index in [1.54, 1.807) is 4.90 Å². The van der Waals surface area contributed by atoms with Gasteiger partial charge in [0.1, 0.15) is 0 Å². The Bertz CT molecular complexity index is 471. The first-order valence-electron chi connectivity index (χ1n) is 5.43. The molecule has 1 aliphatic heterocycles. The van der Waals surface area contributed by atoms with E-state index in [0.717, 1.165) is 16.9 Å². The summed E-state index contributed by atoms with van der Waals surface area (Å²) in [6, 6.07) is 5.71. The summed E-state index contributed by atoms with van der Waals surface area (Å²) in [5, 5.41) is 11.5. The van der Waals surface area contributed by atoms with Gasteiger partial charge < -0.3 is 15.3 Å². The lowest BCUT2D eigenvalue weighted by Crippen LogP contribution is -2.39. The van der Waals surface area contributed by atoms with Gasteiger partial charge in [-0.3, -0.25) is 9.59 Å². The highest BCUT2D eigenvalue weighted by molar-refractivity contribution is 6.01. The number of aliphatic carboxylic acids is 1. The third-order valence-corrected chi connectivity index (χ3v) is 2.70. The Morgan fingerprint density at radius 3 is 3.00 bits per heavy atom. The molecule has 2 rings (SSSR count). The zero-order chi connectivity index (χ0) is 12.4. The van der Waals surface area contributed by atoms with Gasteiger partial charge in [-0.15, -0.1) is 0 Å². The molecule has 0 saturated carbocycles. The lowest BCUT2D eigenvalue weighted by atomic mass is 10.1. The van der Waals surface area contributed by atoms with Crippen LogP contribution in [-0.4, -0.2) is 30.1 Å². The summed E-state index contributed by atoms with van der Waals surface area (Å²) in [6.07, 6.45) is 0.0284. The van der Waals surface area contributed by atoms with Crippen molar-refractivity contribution < 1.29 is 14.7 Å². The van der Waals surface area contributed by atoms with E-state index in [-0.39, 0.29) is 18.9 Å². The number of hydrogen-bond donors (Lipinski definition) is 2. The van der Waals surface area contributed by atoms with E-state index in [1.165, 1.54) is 0 Å². The highest BCUT2D eigenvalue weighted by Crippen LogP contribution is 2.30. The molecule has 5 heteroatoms. The van der Waals surface area contributed by atoms with E-state index in [1.807, 2.05) is 25.1 Å². The summed E-state index contributed by atoms with van der Waals surface area (Å²) in [5.74, 6) is -0.961. The smallest absolute Gasteiger partial charge is 0.305 e. The molecule has 0 unspecified atom stereocenters. The van der Waals surface area contributed by atoms with Crippen LogP contribution in [0, 0.1) is 6.92 Å². The molecule has 17 heavy (non-hydrogen) atoms. The number of carboxylic acids is 1. The zero-order valence-corrected chi connectivity index (χ0v) is 9.56. The van der Waals surface area contributed by atoms with Crippen molar-refractivity contribution in [1.29, 1.82) is 0 Å². The van der Waals surface area contributed by atoms with Crippen LogP contribution in [0.1, 0.15) is 12.0 Å². The number of rotatable bonds is 3. The third-order valence-electron chi connectivity index (χ3n) is 2.70. The Balaban J connectivity index is 2.26. The molecular weight excluding hydrogens is 220 g/mol. The minimum Gasteiger partial charge on any atom is -0.481 e. The van der Waals surface area contributed by atoms with Crippen LogP contribution in [0.15, 0.2) is 18.2 Å². The van der Waals surface area contributed by atoms with E-state index in [9.17, 15) is 9.59 Å². The molecule has 0 spiro atoms. The fourth-order valence-electron chi connectivity index (χ4n) is 1.89. The molecule has 0 bridgehead atoms. The van der Waals surface area contributed by atoms with Gasteiger partial charge in [-0.2, -0.15) is 0 Å². The zero-order valence-electron chi connectivity index (χ0n) is 9.56. The van der Waals surface area contributed by atoms with Crippen molar-refractivity contribution in [2.75, 3.05) is 23.3 Å². The maximum Gasteiger partial charge on any atom is 0.305 e. The number of fused-ring (bicyclic) bond motifs is 1. The molecule has 1 aromatic carbocycles. The highest BCUT2D eigenvalue weighted by Gasteiger charge is 2.22. The number of benzene rings is 1. The van der Waals surface area contributed by atoms with Gasteiger partial charge in [-0.1, -0.05) is 6.07 Å². The van der Waals surface area contributed by atoms with Crippen LogP contribution in [0.3, 0.4) is 0 Å². The number of anilines is 2. The van der Waals surface area contributed by atoms with Gasteiger partial charge in [-0.05, 0) is 24.6 Å². The summed E-state index contributed by atoms with van der Waals surface area (Å²) in [5.41, 5.74) is 2.73. The SMILES string of the molecule is Cc1ccc2c(c1)N(CCC(=O)O)CC(=O)N2. The van der Waals surface area contributed by atoms with Crippen LogP contribution in [0.2, 0.25) is 0 Å². The van der Waals surface area contributed by atoms with Crippen LogP contribution in [-0.2, 0) is 9.59 Å². The third kappa shape index (κ3) is 2.55. The molecular formula is C12H14N2O3. The second-order valence-electron chi connectivity index (χ2n) is 4.13. The number of amides is 1. The van der Waals surface area contributed by atoms with E-state index in [4.69, 9.17) is 5.11 Å². The average Bonchev–Trinajstić information content (AvgIpc) is 2.26. The van der Waals surface area contributed by atoms with Gasteiger partial charge in [0.15, 0.2) is 0 Å². The van der Waals surface area contributed by atoms with Gasteiger partial charge in [-0.25, -0.2) is 0 Å². The minimum atomic E-state index is -0.856. The topological polar surface area (TPSA) is 69.6 Å². The van der Waals surface area contributed by atoms with Crippen molar-refractivity contribution in [3.8, 4) is 0 Å². The van der Waals surface area contributed by atoms with Crippen molar-refractivity contribution in [2.45, 2.75) is 13.3 Å². The lowest BCUT2D eigenvalue weighted by Gasteiger charge is -2.30. The number of nitrogens with one attached hydrogen (secondary N) is 1. The molecule has 90 valence electrons. The van der Waals surface area contributed by atoms with Crippen molar-refractivity contribution in [3.63, 3.8) is 0 Å². The van der Waals surface area contributed by atoms with Crippen molar-refractivity contribution in [2.24, 2.45) is 0 Å². The lowest BCUT2D eigenvalue weighted by molar-refractivity contribution is -0.136. The normalized spacial score (nSPS) is 14.2. The standard InChI is InChI=1S/C12H14N2O3/c1-8-2-3-9-10(6-8)14(5-4-12(16)17)7-11(15)13-9/h2-3,6H,4-5,7H2,1H3,(H,13,15)(H,16,17). The molecule has 0 aromatic heterocycles. The second kappa shape index (κ2) is 4.45. The number of hydrogen-bond acceptors (Lipinski definition) is 3. The van der Waals surface area contributed by atoms with Crippen molar-refractivity contribution in [3.05, 3.63) is 23.8 Å². The summed E-state index contributed by atoms with van der Waals surface area (Å²) < 4.78 is 0. The van der Waals surface area contributed by atoms with Gasteiger partial charge in [0, 0.05) is 6.54 Å². The first kappa shape index (κ1) is 11.4. The Hall–Kier alpha value is -2.04. The molecule has 0 saturated heterocycles. The number of carbonyl (C=O) groups is 2. The molecule has 1 aromatic rings. The summed E-state index contributed by atoms with van der Waals surface area (Å²) >= 11 is 0. The minimum absolute atomic E-state index is 0.0284. The summed E-state index contributed by atoms with van der Waals surface area (Å²) in [6.45, 7) is 2.52. The number of nitrogens with zero attached hydrogens (tertiary/aromatic N) is 1. The van der Waals surface area contributed by atoms with E-state index < -0.39 is 5.97 Å². The molecule has 5 nitrogen and oxygen atoms in total. The van der Waals surface area contributed by atoms with Crippen LogP contribution >= 0.6 is 0 Å². The quantitative estimate of drug-likeness (QED) is 0.825. The van der Waals surface area contributed by atoms with Crippen LogP contribution < -0.4 is 10.2 Å². The Labute approximate surface area is 99.0 Å². The number of carbonyl (C=O) groups excluding carboxylic acids is 1. The van der Waals surface area contributed by atoms with Gasteiger partial charge in [0.05, 0.1) is 24.3 Å². The monoisotopic (exact) mass is 234 g/mol. The molecule has 0 radical (unpaired) electrons. The van der Waals surface area contributed by atoms with Crippen LogP contribution in [0.5, 0.6) is 0 Å². The molecule has 2 N–H and O–H groups in total. The van der Waals surface area contributed by atoms with Crippen LogP contribution in [0.4, 0.5) is 11.4 Å². The van der Waals surface area contributed by atoms with Crippen molar-refractivity contribution in [1.82, 2.24) is 0 Å². The van der Waals surface area contributed by atoms with E-state index >= 15 is 0 Å². The van der Waals surface area contributed by atoms with Gasteiger partial charge in [0.2, 0.25) is 5.91 Å². The Kier molecular flexibility index (Phi) is 2.99. The summed E-state index contributed by atoms with van der Waals surface area (Å²) in [7, 11) is 0. The highest BCUT2D eigenvalue weighted by atomic mass is 16.4. The van der Waals surface area contributed by atoms with Gasteiger partial charge >= 0.3 is 5.97 Å². The number of carboxylic acid groups (broad SMARTS) is 1. The molecule has 1 heterocycles. The maximum absolute atomic E-state index is 11.5. The summed E-state index contributed by atoms with van der Waals surface area (Å²) in [4.78, 5) is 23.8. The molecule has 1 aliphatic rings. The maximum atomic E-state index is 11.5. The first-order valence-corrected chi connectivity index (χ1v) is 5.43.